The minimum Gasteiger partial charge on any atom is -0.489 e. The number of carbonyl (C=O) groups excluding carboxylic acids is 1. The second-order valence-electron chi connectivity index (χ2n) is 8.65. The standard InChI is InChI=1S/C28H29N3O6/c1-4-29-25(32)17-36-24-12-18(2)26(19(3)13-24)22-7-5-6-21(14-22)16-35-23-10-8-20(9-11-23)15-31-27(33)30-28(34)37-31/h5-14H,4,15-17H2,1-3H3,(H,29,32)(H,30,33,34). The van der Waals surface area contributed by atoms with E-state index in [0.29, 0.717) is 24.7 Å². The molecule has 0 spiro atoms. The Morgan fingerprint density at radius 3 is 2.32 bits per heavy atom. The van der Waals surface area contributed by atoms with E-state index in [-0.39, 0.29) is 19.1 Å². The molecule has 4 aromatic rings. The molecule has 0 atom stereocenters. The molecule has 192 valence electrons. The van der Waals surface area contributed by atoms with Crippen LogP contribution in [0.5, 0.6) is 11.5 Å². The van der Waals surface area contributed by atoms with Gasteiger partial charge in [0.25, 0.3) is 5.91 Å². The van der Waals surface area contributed by atoms with Gasteiger partial charge in [0.2, 0.25) is 0 Å². The lowest BCUT2D eigenvalue weighted by molar-refractivity contribution is -0.122. The number of ether oxygens (including phenoxy) is 2. The molecule has 2 N–H and O–H groups in total. The van der Waals surface area contributed by atoms with Crippen LogP contribution in [-0.2, 0) is 17.9 Å². The average Bonchev–Trinajstić information content (AvgIpc) is 3.18. The lowest BCUT2D eigenvalue weighted by Crippen LogP contribution is -2.28. The van der Waals surface area contributed by atoms with Gasteiger partial charge in [0.15, 0.2) is 6.61 Å². The fourth-order valence-corrected chi connectivity index (χ4v) is 4.12. The van der Waals surface area contributed by atoms with Crippen molar-refractivity contribution in [3.8, 4) is 22.6 Å². The highest BCUT2D eigenvalue weighted by molar-refractivity contribution is 5.77. The van der Waals surface area contributed by atoms with E-state index in [2.05, 4.69) is 22.4 Å². The molecule has 1 heterocycles. The Morgan fingerprint density at radius 2 is 1.68 bits per heavy atom. The zero-order chi connectivity index (χ0) is 26.4. The van der Waals surface area contributed by atoms with E-state index in [1.165, 1.54) is 0 Å². The van der Waals surface area contributed by atoms with E-state index < -0.39 is 11.4 Å². The number of carbonyl (C=O) groups is 1. The van der Waals surface area contributed by atoms with Crippen LogP contribution in [0.2, 0.25) is 0 Å². The van der Waals surface area contributed by atoms with Gasteiger partial charge >= 0.3 is 11.4 Å². The average molecular weight is 504 g/mol. The molecule has 0 aliphatic rings. The Kier molecular flexibility index (Phi) is 7.92. The highest BCUT2D eigenvalue weighted by Gasteiger charge is 2.11. The van der Waals surface area contributed by atoms with E-state index in [9.17, 15) is 14.4 Å². The predicted molar refractivity (Wildman–Crippen MR) is 139 cm³/mol. The number of hydrogen-bond donors (Lipinski definition) is 2. The molecule has 37 heavy (non-hydrogen) atoms. The first-order chi connectivity index (χ1) is 17.8. The number of nitrogens with zero attached hydrogens (tertiary/aromatic N) is 1. The predicted octanol–water partition coefficient (Wildman–Crippen LogP) is 3.56. The minimum atomic E-state index is -0.779. The second kappa shape index (κ2) is 11.5. The van der Waals surface area contributed by atoms with Gasteiger partial charge in [-0.25, -0.2) is 14.6 Å². The van der Waals surface area contributed by atoms with Crippen LogP contribution in [0.1, 0.15) is 29.2 Å². The zero-order valence-electron chi connectivity index (χ0n) is 21.0. The Balaban J connectivity index is 1.41. The number of benzene rings is 3. The molecule has 4 rings (SSSR count). The smallest absolute Gasteiger partial charge is 0.440 e. The molecule has 0 saturated heterocycles. The van der Waals surface area contributed by atoms with Crippen LogP contribution in [0.25, 0.3) is 11.1 Å². The van der Waals surface area contributed by atoms with Crippen LogP contribution in [-0.4, -0.2) is 28.8 Å². The van der Waals surface area contributed by atoms with Crippen LogP contribution in [0, 0.1) is 13.8 Å². The number of H-pyrrole nitrogens is 1. The Morgan fingerprint density at radius 1 is 0.946 bits per heavy atom. The van der Waals surface area contributed by atoms with Crippen LogP contribution >= 0.6 is 0 Å². The van der Waals surface area contributed by atoms with Crippen molar-refractivity contribution < 1.29 is 18.8 Å². The maximum absolute atomic E-state index is 11.7. The summed E-state index contributed by atoms with van der Waals surface area (Å²) >= 11 is 0. The summed E-state index contributed by atoms with van der Waals surface area (Å²) in [4.78, 5) is 36.5. The fraction of sp³-hybridized carbons (Fsp3) is 0.250. The summed E-state index contributed by atoms with van der Waals surface area (Å²) in [5.41, 5.74) is 5.51. The van der Waals surface area contributed by atoms with Crippen molar-refractivity contribution in [2.24, 2.45) is 0 Å². The van der Waals surface area contributed by atoms with E-state index >= 15 is 0 Å². The van der Waals surface area contributed by atoms with E-state index in [1.807, 2.05) is 69.3 Å². The van der Waals surface area contributed by atoms with Gasteiger partial charge in [-0.3, -0.25) is 4.79 Å². The van der Waals surface area contributed by atoms with Crippen molar-refractivity contribution >= 4 is 5.91 Å². The third-order valence-electron chi connectivity index (χ3n) is 5.75. The second-order valence-corrected chi connectivity index (χ2v) is 8.65. The number of hydrogen-bond acceptors (Lipinski definition) is 6. The van der Waals surface area contributed by atoms with Gasteiger partial charge in [-0.15, -0.1) is 4.74 Å². The number of aromatic nitrogens is 2. The number of aryl methyl sites for hydroxylation is 2. The third-order valence-corrected chi connectivity index (χ3v) is 5.75. The first kappa shape index (κ1) is 25.6. The van der Waals surface area contributed by atoms with Gasteiger partial charge < -0.3 is 19.3 Å². The van der Waals surface area contributed by atoms with Crippen LogP contribution in [0.15, 0.2) is 74.8 Å². The Hall–Kier alpha value is -4.53. The SMILES string of the molecule is CCNC(=O)COc1cc(C)c(-c2cccc(COc3ccc(Cn4oc(=O)[nH]c4=O)cc3)c2)c(C)c1. The Labute approximate surface area is 213 Å². The van der Waals surface area contributed by atoms with Gasteiger partial charge in [0.1, 0.15) is 18.1 Å². The molecule has 9 nitrogen and oxygen atoms in total. The van der Waals surface area contributed by atoms with Crippen molar-refractivity contribution in [2.45, 2.75) is 33.9 Å². The van der Waals surface area contributed by atoms with Gasteiger partial charge in [-0.2, -0.15) is 0 Å². The summed E-state index contributed by atoms with van der Waals surface area (Å²) in [6, 6.07) is 19.3. The number of aromatic amines is 1. The molecule has 0 unspecified atom stereocenters. The van der Waals surface area contributed by atoms with E-state index in [1.54, 1.807) is 0 Å². The lowest BCUT2D eigenvalue weighted by atomic mass is 9.94. The molecular weight excluding hydrogens is 474 g/mol. The molecule has 3 aromatic carbocycles. The molecule has 0 fully saturated rings. The van der Waals surface area contributed by atoms with Crippen molar-refractivity contribution in [1.82, 2.24) is 15.0 Å². The van der Waals surface area contributed by atoms with Gasteiger partial charge in [0, 0.05) is 6.54 Å². The third kappa shape index (κ3) is 6.58. The number of amides is 1. The topological polar surface area (TPSA) is 116 Å². The summed E-state index contributed by atoms with van der Waals surface area (Å²) in [5.74, 6) is 0.418. The molecule has 1 aromatic heterocycles. The minimum absolute atomic E-state index is 0.0130. The number of rotatable bonds is 10. The summed E-state index contributed by atoms with van der Waals surface area (Å²) in [6.07, 6.45) is 0. The summed E-state index contributed by atoms with van der Waals surface area (Å²) < 4.78 is 17.4. The lowest BCUT2D eigenvalue weighted by Gasteiger charge is -2.15. The number of likely N-dealkylation sites (N-methyl/N-ethyl adjacent to an activating group) is 1. The molecule has 1 amide bonds. The van der Waals surface area contributed by atoms with Crippen LogP contribution < -0.4 is 26.2 Å². The highest BCUT2D eigenvalue weighted by atomic mass is 16.5. The molecule has 0 aliphatic heterocycles. The van der Waals surface area contributed by atoms with E-state index in [0.717, 1.165) is 38.1 Å². The monoisotopic (exact) mass is 503 g/mol. The largest absolute Gasteiger partial charge is 0.489 e. The van der Waals surface area contributed by atoms with Crippen molar-refractivity contribution in [2.75, 3.05) is 13.2 Å². The zero-order valence-corrected chi connectivity index (χ0v) is 21.0. The maximum Gasteiger partial charge on any atom is 0.440 e. The fourth-order valence-electron chi connectivity index (χ4n) is 4.12. The summed E-state index contributed by atoms with van der Waals surface area (Å²) in [7, 11) is 0. The highest BCUT2D eigenvalue weighted by Crippen LogP contribution is 2.31. The molecular formula is C28H29N3O6. The van der Waals surface area contributed by atoms with Crippen LogP contribution in [0.3, 0.4) is 0 Å². The molecule has 9 heteroatoms. The molecule has 0 saturated carbocycles. The van der Waals surface area contributed by atoms with Crippen molar-refractivity contribution in [1.29, 1.82) is 0 Å². The molecule has 0 bridgehead atoms. The molecule has 0 aliphatic carbocycles. The van der Waals surface area contributed by atoms with Gasteiger partial charge in [0.05, 0.1) is 6.54 Å². The van der Waals surface area contributed by atoms with E-state index in [4.69, 9.17) is 14.0 Å². The quantitative estimate of drug-likeness (QED) is 0.342. The first-order valence-electron chi connectivity index (χ1n) is 11.9. The normalized spacial score (nSPS) is 10.8. The van der Waals surface area contributed by atoms with Crippen molar-refractivity contribution in [3.05, 3.63) is 104 Å². The summed E-state index contributed by atoms with van der Waals surface area (Å²) in [6.45, 7) is 7.01. The van der Waals surface area contributed by atoms with Crippen molar-refractivity contribution in [3.63, 3.8) is 0 Å². The number of nitrogens with one attached hydrogen (secondary N) is 2. The maximum atomic E-state index is 11.7. The molecule has 0 radical (unpaired) electrons. The van der Waals surface area contributed by atoms with Crippen LogP contribution in [0.4, 0.5) is 0 Å². The van der Waals surface area contributed by atoms with Gasteiger partial charge in [-0.1, -0.05) is 30.3 Å². The first-order valence-corrected chi connectivity index (χ1v) is 11.9. The summed E-state index contributed by atoms with van der Waals surface area (Å²) in [5, 5.41) is 2.72. The Bertz CT molecular complexity index is 1470. The van der Waals surface area contributed by atoms with Gasteiger partial charge in [-0.05, 0) is 84.5 Å².